The minimum absolute atomic E-state index is 0.146. The number of nitrogens with zero attached hydrogens (tertiary/aromatic N) is 1. The minimum Gasteiger partial charge on any atom is -0.465 e. The summed E-state index contributed by atoms with van der Waals surface area (Å²) < 4.78 is 0. The summed E-state index contributed by atoms with van der Waals surface area (Å²) >= 11 is 0. The van der Waals surface area contributed by atoms with Crippen LogP contribution in [0.15, 0.2) is 18.2 Å². The van der Waals surface area contributed by atoms with Crippen LogP contribution in [0.4, 0.5) is 10.7 Å². The van der Waals surface area contributed by atoms with Crippen molar-refractivity contribution in [3.05, 3.63) is 23.8 Å². The molecule has 0 radical (unpaired) electrons. The molecule has 1 amide bonds. The number of aromatic amines is 1. The molecule has 6 heteroatoms. The van der Waals surface area contributed by atoms with Crippen molar-refractivity contribution in [2.75, 3.05) is 5.32 Å². The molecule has 1 aliphatic rings. The lowest BCUT2D eigenvalue weighted by Crippen LogP contribution is -2.08. The predicted molar refractivity (Wildman–Crippen MR) is 64.8 cm³/mol. The Hall–Kier alpha value is -2.37. The van der Waals surface area contributed by atoms with Gasteiger partial charge in [-0.05, 0) is 31.0 Å². The first-order valence-electron chi connectivity index (χ1n) is 5.67. The second-order valence-electron chi connectivity index (χ2n) is 4.39. The number of rotatable bonds is 3. The van der Waals surface area contributed by atoms with Crippen LogP contribution in [0.1, 0.15) is 23.2 Å². The molecule has 0 unspecified atom stereocenters. The molecule has 0 saturated heterocycles. The Morgan fingerprint density at radius 2 is 2.17 bits per heavy atom. The van der Waals surface area contributed by atoms with Crippen LogP contribution in [-0.2, 0) is 0 Å². The van der Waals surface area contributed by atoms with Crippen molar-refractivity contribution in [1.29, 1.82) is 0 Å². The third-order valence-corrected chi connectivity index (χ3v) is 2.94. The number of carbonyl (C=O) groups excluding carboxylic acids is 1. The number of carboxylic acid groups (broad SMARTS) is 1. The van der Waals surface area contributed by atoms with Crippen LogP contribution in [0.5, 0.6) is 0 Å². The number of carbonyl (C=O) groups is 2. The third-order valence-electron chi connectivity index (χ3n) is 2.94. The lowest BCUT2D eigenvalue weighted by molar-refractivity contribution is 0.0967. The summed E-state index contributed by atoms with van der Waals surface area (Å²) in [5.74, 6) is 0.471. The molecule has 1 aromatic carbocycles. The lowest BCUT2D eigenvalue weighted by atomic mass is 10.1. The highest BCUT2D eigenvalue weighted by Crippen LogP contribution is 2.33. The number of benzene rings is 1. The first kappa shape index (κ1) is 10.8. The Morgan fingerprint density at radius 3 is 2.83 bits per heavy atom. The van der Waals surface area contributed by atoms with Crippen LogP contribution in [0.2, 0.25) is 0 Å². The van der Waals surface area contributed by atoms with Crippen LogP contribution >= 0.6 is 0 Å². The molecule has 1 fully saturated rings. The van der Waals surface area contributed by atoms with E-state index >= 15 is 0 Å². The molecule has 0 spiro atoms. The molecule has 92 valence electrons. The van der Waals surface area contributed by atoms with Crippen molar-refractivity contribution in [2.45, 2.75) is 12.8 Å². The van der Waals surface area contributed by atoms with Gasteiger partial charge in [-0.2, -0.15) is 0 Å². The fraction of sp³-hybridized carbons (Fsp3) is 0.250. The molecule has 1 saturated carbocycles. The smallest absolute Gasteiger partial charge is 0.411 e. The van der Waals surface area contributed by atoms with E-state index < -0.39 is 6.09 Å². The Labute approximate surface area is 102 Å². The fourth-order valence-corrected chi connectivity index (χ4v) is 1.90. The summed E-state index contributed by atoms with van der Waals surface area (Å²) in [6, 6.07) is 5.18. The molecule has 2 aromatic rings. The van der Waals surface area contributed by atoms with Crippen LogP contribution in [-0.4, -0.2) is 27.0 Å². The van der Waals surface area contributed by atoms with Crippen molar-refractivity contribution in [2.24, 2.45) is 5.92 Å². The molecule has 3 N–H and O–H groups in total. The minimum atomic E-state index is -1.18. The van der Waals surface area contributed by atoms with E-state index in [4.69, 9.17) is 5.11 Å². The second kappa shape index (κ2) is 3.83. The van der Waals surface area contributed by atoms with Crippen molar-refractivity contribution in [1.82, 2.24) is 9.97 Å². The number of ketones is 1. The summed E-state index contributed by atoms with van der Waals surface area (Å²) in [5.41, 5.74) is 1.93. The van der Waals surface area contributed by atoms with Gasteiger partial charge in [-0.1, -0.05) is 0 Å². The molecule has 1 heterocycles. The standard InChI is InChI=1S/C12H11N3O3/c16-10(6-1-2-6)7-3-4-8-9(5-7)14-11(13-8)15-12(17)18/h3-6H,1-2H2,(H,17,18)(H2,13,14,15). The highest BCUT2D eigenvalue weighted by molar-refractivity contribution is 6.01. The fourth-order valence-electron chi connectivity index (χ4n) is 1.90. The molecule has 1 aliphatic carbocycles. The van der Waals surface area contributed by atoms with Crippen molar-refractivity contribution >= 4 is 28.9 Å². The first-order chi connectivity index (χ1) is 8.63. The van der Waals surface area contributed by atoms with Gasteiger partial charge in [0.1, 0.15) is 0 Å². The molecular weight excluding hydrogens is 234 g/mol. The van der Waals surface area contributed by atoms with Gasteiger partial charge in [-0.15, -0.1) is 0 Å². The lowest BCUT2D eigenvalue weighted by Gasteiger charge is -1.97. The number of hydrogen-bond donors (Lipinski definition) is 3. The molecule has 6 nitrogen and oxygen atoms in total. The number of hydrogen-bond acceptors (Lipinski definition) is 3. The van der Waals surface area contributed by atoms with Gasteiger partial charge in [0, 0.05) is 11.5 Å². The molecule has 0 atom stereocenters. The van der Waals surface area contributed by atoms with Crippen LogP contribution < -0.4 is 5.32 Å². The summed E-state index contributed by atoms with van der Waals surface area (Å²) in [7, 11) is 0. The monoisotopic (exact) mass is 245 g/mol. The van der Waals surface area contributed by atoms with E-state index in [1.165, 1.54) is 0 Å². The van der Waals surface area contributed by atoms with E-state index in [0.717, 1.165) is 12.8 Å². The topological polar surface area (TPSA) is 95.1 Å². The van der Waals surface area contributed by atoms with Gasteiger partial charge in [0.2, 0.25) is 5.95 Å². The van der Waals surface area contributed by atoms with Gasteiger partial charge in [-0.25, -0.2) is 9.78 Å². The van der Waals surface area contributed by atoms with Gasteiger partial charge in [0.15, 0.2) is 5.78 Å². The zero-order chi connectivity index (χ0) is 12.7. The van der Waals surface area contributed by atoms with E-state index in [1.807, 2.05) is 0 Å². The number of H-pyrrole nitrogens is 1. The SMILES string of the molecule is O=C(O)Nc1nc2cc(C(=O)C3CC3)ccc2[nH]1. The van der Waals surface area contributed by atoms with Crippen molar-refractivity contribution in [3.8, 4) is 0 Å². The zero-order valence-electron chi connectivity index (χ0n) is 9.43. The average Bonchev–Trinajstić information content (AvgIpc) is 3.08. The number of Topliss-reactive ketones (excluding diaryl/α,β-unsaturated/α-hetero) is 1. The van der Waals surface area contributed by atoms with Crippen LogP contribution in [0.25, 0.3) is 11.0 Å². The van der Waals surface area contributed by atoms with Crippen LogP contribution in [0.3, 0.4) is 0 Å². The number of imidazole rings is 1. The second-order valence-corrected chi connectivity index (χ2v) is 4.39. The molecule has 0 aliphatic heterocycles. The molecular formula is C12H11N3O3. The van der Waals surface area contributed by atoms with Gasteiger partial charge in [-0.3, -0.25) is 10.1 Å². The Bertz CT molecular complexity index is 643. The summed E-state index contributed by atoms with van der Waals surface area (Å²) in [5, 5.41) is 10.7. The molecule has 3 rings (SSSR count). The number of aromatic nitrogens is 2. The summed E-state index contributed by atoms with van der Waals surface area (Å²) in [4.78, 5) is 29.3. The normalized spacial score (nSPS) is 14.7. The quantitative estimate of drug-likeness (QED) is 0.722. The molecule has 18 heavy (non-hydrogen) atoms. The maximum absolute atomic E-state index is 11.9. The largest absolute Gasteiger partial charge is 0.465 e. The van der Waals surface area contributed by atoms with E-state index in [0.29, 0.717) is 16.6 Å². The number of anilines is 1. The number of amides is 1. The Balaban J connectivity index is 1.95. The maximum atomic E-state index is 11.9. The first-order valence-corrected chi connectivity index (χ1v) is 5.67. The highest BCUT2D eigenvalue weighted by Gasteiger charge is 2.30. The Kier molecular flexibility index (Phi) is 2.29. The van der Waals surface area contributed by atoms with Crippen molar-refractivity contribution in [3.63, 3.8) is 0 Å². The van der Waals surface area contributed by atoms with E-state index in [2.05, 4.69) is 15.3 Å². The van der Waals surface area contributed by atoms with Gasteiger partial charge in [0.25, 0.3) is 0 Å². The van der Waals surface area contributed by atoms with Crippen LogP contribution in [0, 0.1) is 5.92 Å². The number of fused-ring (bicyclic) bond motifs is 1. The van der Waals surface area contributed by atoms with Gasteiger partial charge in [0.05, 0.1) is 11.0 Å². The van der Waals surface area contributed by atoms with E-state index in [1.54, 1.807) is 18.2 Å². The zero-order valence-corrected chi connectivity index (χ0v) is 9.43. The molecule has 0 bridgehead atoms. The van der Waals surface area contributed by atoms with Gasteiger partial charge < -0.3 is 10.1 Å². The summed E-state index contributed by atoms with van der Waals surface area (Å²) in [6.45, 7) is 0. The maximum Gasteiger partial charge on any atom is 0.411 e. The highest BCUT2D eigenvalue weighted by atomic mass is 16.4. The predicted octanol–water partition coefficient (Wildman–Crippen LogP) is 2.25. The molecule has 1 aromatic heterocycles. The number of nitrogens with one attached hydrogen (secondary N) is 2. The Morgan fingerprint density at radius 1 is 1.39 bits per heavy atom. The van der Waals surface area contributed by atoms with E-state index in [-0.39, 0.29) is 17.6 Å². The van der Waals surface area contributed by atoms with Gasteiger partial charge >= 0.3 is 6.09 Å². The third kappa shape index (κ3) is 1.92. The van der Waals surface area contributed by atoms with Crippen molar-refractivity contribution < 1.29 is 14.7 Å². The average molecular weight is 245 g/mol. The van der Waals surface area contributed by atoms with E-state index in [9.17, 15) is 9.59 Å². The summed E-state index contributed by atoms with van der Waals surface area (Å²) in [6.07, 6.45) is 0.746.